The van der Waals surface area contributed by atoms with Crippen molar-refractivity contribution in [2.45, 2.75) is 64.6 Å². The molecule has 4 unspecified atom stereocenters. The van der Waals surface area contributed by atoms with Crippen molar-refractivity contribution in [1.82, 2.24) is 10.2 Å². The van der Waals surface area contributed by atoms with E-state index in [1.54, 1.807) is 6.92 Å². The molecule has 1 heterocycles. The summed E-state index contributed by atoms with van der Waals surface area (Å²) in [7, 11) is 2.02. The van der Waals surface area contributed by atoms with Crippen LogP contribution >= 0.6 is 0 Å². The van der Waals surface area contributed by atoms with Gasteiger partial charge in [0, 0.05) is 37.1 Å². The topological polar surface area (TPSA) is 58.4 Å². The molecule has 0 aromatic rings. The number of hydrogen-bond acceptors (Lipinski definition) is 4. The van der Waals surface area contributed by atoms with Crippen LogP contribution in [-0.2, 0) is 4.79 Å². The van der Waals surface area contributed by atoms with Gasteiger partial charge in [-0.25, -0.2) is 0 Å². The van der Waals surface area contributed by atoms with E-state index < -0.39 is 0 Å². The summed E-state index contributed by atoms with van der Waals surface area (Å²) in [5, 5.41) is 3.33. The average molecular weight is 269 g/mol. The molecule has 1 saturated heterocycles. The lowest BCUT2D eigenvalue weighted by Gasteiger charge is -2.39. The fourth-order valence-corrected chi connectivity index (χ4v) is 3.28. The smallest absolute Gasteiger partial charge is 0.132 e. The Hall–Kier alpha value is -0.450. The minimum absolute atomic E-state index is 0.244. The third-order valence-corrected chi connectivity index (χ3v) is 4.54. The maximum absolute atomic E-state index is 11.5. The van der Waals surface area contributed by atoms with Crippen LogP contribution in [0.3, 0.4) is 0 Å². The predicted octanol–water partition coefficient (Wildman–Crippen LogP) is 1.39. The summed E-state index contributed by atoms with van der Waals surface area (Å²) in [5.41, 5.74) is 6.23. The minimum atomic E-state index is 0.244. The molecule has 0 bridgehead atoms. The van der Waals surface area contributed by atoms with Crippen LogP contribution in [0, 0.1) is 5.92 Å². The van der Waals surface area contributed by atoms with E-state index in [1.165, 1.54) is 6.42 Å². The molecule has 2 fully saturated rings. The van der Waals surface area contributed by atoms with Crippen molar-refractivity contribution in [3.63, 3.8) is 0 Å². The van der Waals surface area contributed by atoms with Crippen molar-refractivity contribution in [2.24, 2.45) is 11.7 Å². The van der Waals surface area contributed by atoms with Gasteiger partial charge in [-0.05, 0) is 39.7 Å². The fraction of sp³-hybridized carbons (Fsp3) is 0.933. The molecule has 4 atom stereocenters. The number of hydrogen-bond donors (Lipinski definition) is 2. The van der Waals surface area contributed by atoms with Gasteiger partial charge in [0.15, 0.2) is 0 Å². The molecule has 2 aliphatic rings. The van der Waals surface area contributed by atoms with Gasteiger partial charge < -0.3 is 11.1 Å². The van der Waals surface area contributed by atoms with E-state index in [4.69, 9.17) is 5.73 Å². The number of nitrogens with zero attached hydrogens (tertiary/aromatic N) is 1. The summed E-state index contributed by atoms with van der Waals surface area (Å²) in [6.07, 6.45) is 4.14. The largest absolute Gasteiger partial charge is 0.326 e. The van der Waals surface area contributed by atoms with Crippen LogP contribution in [0.4, 0.5) is 0 Å². The molecule has 4 heteroatoms. The Labute approximate surface area is 118 Å². The van der Waals surface area contributed by atoms with Crippen LogP contribution in [0.15, 0.2) is 0 Å². The number of nitrogens with one attached hydrogen (secondary N) is 1. The number of Topliss-reactive ketones (excluding diaryl/α,β-unsaturated/α-hetero) is 1. The van der Waals surface area contributed by atoms with Gasteiger partial charge in [0.1, 0.15) is 5.78 Å². The fourth-order valence-electron chi connectivity index (χ4n) is 3.28. The molecule has 3 N–H and O–H groups in total. The first-order valence-corrected chi connectivity index (χ1v) is 7.79. The van der Waals surface area contributed by atoms with Gasteiger partial charge in [-0.2, -0.15) is 0 Å². The number of carbonyl (C=O) groups is 1. The van der Waals surface area contributed by atoms with Crippen LogP contribution in [0.1, 0.15) is 46.5 Å². The zero-order chi connectivity index (χ0) is 14.4. The zero-order valence-corrected chi connectivity index (χ0v) is 13.0. The lowest BCUT2D eigenvalue weighted by Crippen LogP contribution is -2.51. The van der Waals surface area contributed by atoms with Crippen molar-refractivity contribution >= 4 is 5.78 Å². The first kappa shape index (κ1) is 16.6. The summed E-state index contributed by atoms with van der Waals surface area (Å²) >= 11 is 0. The van der Waals surface area contributed by atoms with E-state index in [0.29, 0.717) is 17.9 Å². The Morgan fingerprint density at radius 3 is 2.47 bits per heavy atom. The highest BCUT2D eigenvalue weighted by atomic mass is 16.1. The van der Waals surface area contributed by atoms with Gasteiger partial charge >= 0.3 is 0 Å². The van der Waals surface area contributed by atoms with Crippen LogP contribution in [0.5, 0.6) is 0 Å². The van der Waals surface area contributed by atoms with E-state index in [1.807, 2.05) is 20.9 Å². The summed E-state index contributed by atoms with van der Waals surface area (Å²) in [6, 6.07) is 1.26. The Kier molecular flexibility index (Phi) is 6.97. The molecule has 112 valence electrons. The Morgan fingerprint density at radius 1 is 1.26 bits per heavy atom. The van der Waals surface area contributed by atoms with E-state index in [2.05, 4.69) is 10.2 Å². The van der Waals surface area contributed by atoms with E-state index in [-0.39, 0.29) is 12.0 Å². The monoisotopic (exact) mass is 269 g/mol. The maximum atomic E-state index is 11.5. The number of ketones is 1. The highest BCUT2D eigenvalue weighted by Crippen LogP contribution is 2.29. The van der Waals surface area contributed by atoms with Gasteiger partial charge in [0.25, 0.3) is 0 Å². The average Bonchev–Trinajstić information content (AvgIpc) is 2.90. The lowest BCUT2D eigenvalue weighted by atomic mass is 9.80. The molecule has 2 rings (SSSR count). The Bertz CT molecular complexity index is 283. The number of likely N-dealkylation sites (N-methyl/N-ethyl adjacent to an activating group) is 1. The molecule has 19 heavy (non-hydrogen) atoms. The van der Waals surface area contributed by atoms with Crippen molar-refractivity contribution in [1.29, 1.82) is 0 Å². The molecule has 0 aromatic carbocycles. The van der Waals surface area contributed by atoms with Crippen molar-refractivity contribution in [3.8, 4) is 0 Å². The Balaban J connectivity index is 0.000000861. The SMILES string of the molecule is CC.CNC1CCN(C2CC(C(C)=O)CCC2N)C1. The molecule has 0 spiro atoms. The highest BCUT2D eigenvalue weighted by Gasteiger charge is 2.36. The van der Waals surface area contributed by atoms with Gasteiger partial charge in [-0.1, -0.05) is 13.8 Å². The van der Waals surface area contributed by atoms with Crippen LogP contribution in [-0.4, -0.2) is 48.9 Å². The summed E-state index contributed by atoms with van der Waals surface area (Å²) in [4.78, 5) is 14.0. The first-order valence-electron chi connectivity index (χ1n) is 7.79. The van der Waals surface area contributed by atoms with Crippen molar-refractivity contribution in [3.05, 3.63) is 0 Å². The Morgan fingerprint density at radius 2 is 1.95 bits per heavy atom. The third-order valence-electron chi connectivity index (χ3n) is 4.54. The van der Waals surface area contributed by atoms with E-state index in [0.717, 1.165) is 32.4 Å². The normalized spacial score (nSPS) is 35.6. The third kappa shape index (κ3) is 4.26. The van der Waals surface area contributed by atoms with Gasteiger partial charge in [-0.15, -0.1) is 0 Å². The quantitative estimate of drug-likeness (QED) is 0.813. The van der Waals surface area contributed by atoms with Gasteiger partial charge in [-0.3, -0.25) is 9.69 Å². The van der Waals surface area contributed by atoms with Gasteiger partial charge in [0.2, 0.25) is 0 Å². The molecule has 1 saturated carbocycles. The number of nitrogens with two attached hydrogens (primary N) is 1. The summed E-state index contributed by atoms with van der Waals surface area (Å²) < 4.78 is 0. The number of carbonyl (C=O) groups excluding carboxylic acids is 1. The van der Waals surface area contributed by atoms with Crippen molar-refractivity contribution < 1.29 is 4.79 Å². The molecule has 1 aliphatic heterocycles. The molecule has 0 amide bonds. The number of likely N-dealkylation sites (tertiary alicyclic amines) is 1. The van der Waals surface area contributed by atoms with Crippen LogP contribution < -0.4 is 11.1 Å². The van der Waals surface area contributed by atoms with E-state index in [9.17, 15) is 4.79 Å². The standard InChI is InChI=1S/C13H25N3O.C2H6/c1-9(17)10-3-4-12(14)13(7-10)16-6-5-11(8-16)15-2;1-2/h10-13,15H,3-8,14H2,1-2H3;1-2H3. The molecular weight excluding hydrogens is 238 g/mol. The minimum Gasteiger partial charge on any atom is -0.326 e. The lowest BCUT2D eigenvalue weighted by molar-refractivity contribution is -0.122. The van der Waals surface area contributed by atoms with E-state index >= 15 is 0 Å². The molecule has 0 radical (unpaired) electrons. The van der Waals surface area contributed by atoms with Crippen LogP contribution in [0.2, 0.25) is 0 Å². The molecule has 1 aliphatic carbocycles. The van der Waals surface area contributed by atoms with Gasteiger partial charge in [0.05, 0.1) is 0 Å². The highest BCUT2D eigenvalue weighted by molar-refractivity contribution is 5.78. The second-order valence-electron chi connectivity index (χ2n) is 5.62. The van der Waals surface area contributed by atoms with Crippen LogP contribution in [0.25, 0.3) is 0 Å². The molecule has 0 aromatic heterocycles. The second kappa shape index (κ2) is 7.98. The maximum Gasteiger partial charge on any atom is 0.132 e. The predicted molar refractivity (Wildman–Crippen MR) is 80.2 cm³/mol. The zero-order valence-electron chi connectivity index (χ0n) is 13.0. The second-order valence-corrected chi connectivity index (χ2v) is 5.62. The summed E-state index contributed by atoms with van der Waals surface area (Å²) in [6.45, 7) is 7.92. The first-order chi connectivity index (χ1) is 9.11. The molecular formula is C15H31N3O. The molecule has 4 nitrogen and oxygen atoms in total. The summed E-state index contributed by atoms with van der Waals surface area (Å²) in [5.74, 6) is 0.583. The van der Waals surface area contributed by atoms with Crippen molar-refractivity contribution in [2.75, 3.05) is 20.1 Å². The number of rotatable bonds is 3.